The number of methoxy groups -OCH3 is 1. The van der Waals surface area contributed by atoms with Crippen LogP contribution in [0, 0.1) is 6.92 Å². The van der Waals surface area contributed by atoms with Crippen molar-refractivity contribution in [2.24, 2.45) is 5.73 Å². The average Bonchev–Trinajstić information content (AvgIpc) is 2.09. The number of benzene rings is 1. The lowest BCUT2D eigenvalue weighted by Gasteiger charge is -2.06. The fourth-order valence-corrected chi connectivity index (χ4v) is 1.23. The molecule has 0 aliphatic heterocycles. The predicted octanol–water partition coefficient (Wildman–Crippen LogP) is 1.50. The number of ether oxygens (including phenoxy) is 1. The Kier molecular flexibility index (Phi) is 3.11. The molecule has 66 valence electrons. The summed E-state index contributed by atoms with van der Waals surface area (Å²) in [5.74, 6) is 0.910. The van der Waals surface area contributed by atoms with Gasteiger partial charge < -0.3 is 10.5 Å². The highest BCUT2D eigenvalue weighted by Crippen LogP contribution is 2.16. The third-order valence-corrected chi connectivity index (χ3v) is 1.96. The Morgan fingerprint density at radius 3 is 2.67 bits per heavy atom. The lowest BCUT2D eigenvalue weighted by atomic mass is 10.1. The van der Waals surface area contributed by atoms with Gasteiger partial charge >= 0.3 is 0 Å². The van der Waals surface area contributed by atoms with E-state index in [2.05, 4.69) is 13.0 Å². The lowest BCUT2D eigenvalue weighted by molar-refractivity contribution is 0.414. The number of hydrogen-bond donors (Lipinski definition) is 1. The number of rotatable bonds is 3. The van der Waals surface area contributed by atoms with Crippen LogP contribution < -0.4 is 10.5 Å². The molecule has 1 rings (SSSR count). The highest BCUT2D eigenvalue weighted by Gasteiger charge is 1.98. The number of aryl methyl sites for hydroxylation is 1. The molecular weight excluding hydrogens is 150 g/mol. The summed E-state index contributed by atoms with van der Waals surface area (Å²) in [5, 5.41) is 0. The van der Waals surface area contributed by atoms with E-state index in [9.17, 15) is 0 Å². The van der Waals surface area contributed by atoms with E-state index in [-0.39, 0.29) is 0 Å². The van der Waals surface area contributed by atoms with Crippen LogP contribution in [0.5, 0.6) is 5.75 Å². The molecule has 0 aliphatic rings. The lowest BCUT2D eigenvalue weighted by Crippen LogP contribution is -2.04. The van der Waals surface area contributed by atoms with Crippen LogP contribution in [-0.2, 0) is 6.42 Å². The summed E-state index contributed by atoms with van der Waals surface area (Å²) in [6.07, 6.45) is 0.940. The van der Waals surface area contributed by atoms with Gasteiger partial charge in [-0.05, 0) is 43.1 Å². The summed E-state index contributed by atoms with van der Waals surface area (Å²) in [4.78, 5) is 0. The van der Waals surface area contributed by atoms with Crippen molar-refractivity contribution in [3.63, 3.8) is 0 Å². The van der Waals surface area contributed by atoms with Gasteiger partial charge in [-0.3, -0.25) is 0 Å². The van der Waals surface area contributed by atoms with Crippen molar-refractivity contribution in [1.82, 2.24) is 0 Å². The van der Waals surface area contributed by atoms with Gasteiger partial charge in [-0.15, -0.1) is 0 Å². The maximum Gasteiger partial charge on any atom is 0.119 e. The van der Waals surface area contributed by atoms with Gasteiger partial charge in [-0.1, -0.05) is 6.07 Å². The second-order valence-corrected chi connectivity index (χ2v) is 2.83. The Hall–Kier alpha value is -1.02. The fraction of sp³-hybridized carbons (Fsp3) is 0.400. The van der Waals surface area contributed by atoms with Gasteiger partial charge in [-0.2, -0.15) is 0 Å². The molecule has 0 saturated carbocycles. The molecule has 2 heteroatoms. The summed E-state index contributed by atoms with van der Waals surface area (Å²) in [5.41, 5.74) is 8.02. The van der Waals surface area contributed by atoms with Crippen molar-refractivity contribution in [1.29, 1.82) is 0 Å². The van der Waals surface area contributed by atoms with Gasteiger partial charge in [0.05, 0.1) is 7.11 Å². The first-order valence-corrected chi connectivity index (χ1v) is 4.11. The van der Waals surface area contributed by atoms with Crippen LogP contribution in [0.2, 0.25) is 0 Å². The normalized spacial score (nSPS) is 9.92. The Labute approximate surface area is 73.3 Å². The summed E-state index contributed by atoms with van der Waals surface area (Å²) in [7, 11) is 1.68. The summed E-state index contributed by atoms with van der Waals surface area (Å²) >= 11 is 0. The van der Waals surface area contributed by atoms with Gasteiger partial charge in [0, 0.05) is 0 Å². The van der Waals surface area contributed by atoms with Crippen LogP contribution in [0.15, 0.2) is 18.2 Å². The van der Waals surface area contributed by atoms with Crippen LogP contribution >= 0.6 is 0 Å². The molecule has 0 atom stereocenters. The van der Waals surface area contributed by atoms with Gasteiger partial charge in [0.1, 0.15) is 5.75 Å². The molecule has 0 bridgehead atoms. The van der Waals surface area contributed by atoms with E-state index in [4.69, 9.17) is 10.5 Å². The molecule has 1 aromatic carbocycles. The van der Waals surface area contributed by atoms with Crippen molar-refractivity contribution in [3.05, 3.63) is 29.3 Å². The molecule has 1 aromatic rings. The minimum atomic E-state index is 0.702. The molecule has 0 fully saturated rings. The van der Waals surface area contributed by atoms with Crippen molar-refractivity contribution < 1.29 is 4.74 Å². The minimum Gasteiger partial charge on any atom is -0.497 e. The third kappa shape index (κ3) is 1.98. The molecule has 0 radical (unpaired) electrons. The van der Waals surface area contributed by atoms with E-state index in [1.807, 2.05) is 12.1 Å². The first-order chi connectivity index (χ1) is 5.77. The maximum atomic E-state index is 5.47. The third-order valence-electron chi connectivity index (χ3n) is 1.96. The zero-order valence-electron chi connectivity index (χ0n) is 7.63. The van der Waals surface area contributed by atoms with Crippen molar-refractivity contribution in [2.75, 3.05) is 13.7 Å². The zero-order chi connectivity index (χ0) is 8.97. The fourth-order valence-electron chi connectivity index (χ4n) is 1.23. The van der Waals surface area contributed by atoms with Gasteiger partial charge in [0.2, 0.25) is 0 Å². The Bertz CT molecular complexity index is 258. The van der Waals surface area contributed by atoms with Crippen LogP contribution in [0.3, 0.4) is 0 Å². The van der Waals surface area contributed by atoms with Crippen LogP contribution in [0.4, 0.5) is 0 Å². The van der Waals surface area contributed by atoms with E-state index in [1.54, 1.807) is 7.11 Å². The van der Waals surface area contributed by atoms with E-state index in [1.165, 1.54) is 11.1 Å². The molecule has 2 nitrogen and oxygen atoms in total. The maximum absolute atomic E-state index is 5.47. The predicted molar refractivity (Wildman–Crippen MR) is 50.5 cm³/mol. The highest BCUT2D eigenvalue weighted by atomic mass is 16.5. The van der Waals surface area contributed by atoms with Crippen molar-refractivity contribution in [2.45, 2.75) is 13.3 Å². The van der Waals surface area contributed by atoms with Crippen LogP contribution in [0.25, 0.3) is 0 Å². The summed E-state index contributed by atoms with van der Waals surface area (Å²) in [6.45, 7) is 2.78. The number of hydrogen-bond acceptors (Lipinski definition) is 2. The zero-order valence-corrected chi connectivity index (χ0v) is 7.63. The largest absolute Gasteiger partial charge is 0.497 e. The topological polar surface area (TPSA) is 35.2 Å². The average molecular weight is 165 g/mol. The molecule has 0 aromatic heterocycles. The van der Waals surface area contributed by atoms with Gasteiger partial charge in [0.25, 0.3) is 0 Å². The summed E-state index contributed by atoms with van der Waals surface area (Å²) < 4.78 is 5.10. The van der Waals surface area contributed by atoms with Gasteiger partial charge in [-0.25, -0.2) is 0 Å². The first kappa shape index (κ1) is 9.07. The Balaban J connectivity index is 2.87. The quantitative estimate of drug-likeness (QED) is 0.736. The Morgan fingerprint density at radius 1 is 1.42 bits per heavy atom. The Morgan fingerprint density at radius 2 is 2.17 bits per heavy atom. The number of nitrogens with two attached hydrogens (primary N) is 1. The first-order valence-electron chi connectivity index (χ1n) is 4.11. The smallest absolute Gasteiger partial charge is 0.119 e. The molecule has 0 unspecified atom stereocenters. The molecule has 2 N–H and O–H groups in total. The molecule has 0 saturated heterocycles. The van der Waals surface area contributed by atoms with E-state index in [0.29, 0.717) is 6.54 Å². The minimum absolute atomic E-state index is 0.702. The van der Waals surface area contributed by atoms with E-state index >= 15 is 0 Å². The highest BCUT2D eigenvalue weighted by molar-refractivity contribution is 5.34. The van der Waals surface area contributed by atoms with Crippen molar-refractivity contribution >= 4 is 0 Å². The van der Waals surface area contributed by atoms with Crippen molar-refractivity contribution in [3.8, 4) is 5.75 Å². The molecular formula is C10H15NO. The van der Waals surface area contributed by atoms with Gasteiger partial charge in [0.15, 0.2) is 0 Å². The van der Waals surface area contributed by atoms with E-state index < -0.39 is 0 Å². The van der Waals surface area contributed by atoms with E-state index in [0.717, 1.165) is 12.2 Å². The van der Waals surface area contributed by atoms with Crippen LogP contribution in [0.1, 0.15) is 11.1 Å². The molecule has 0 heterocycles. The van der Waals surface area contributed by atoms with Crippen LogP contribution in [-0.4, -0.2) is 13.7 Å². The standard InChI is InChI=1S/C10H15NO/c1-8-7-10(12-2)4-3-9(8)5-6-11/h3-4,7H,5-6,11H2,1-2H3. The molecule has 0 amide bonds. The summed E-state index contributed by atoms with van der Waals surface area (Å²) in [6, 6.07) is 6.07. The molecule has 12 heavy (non-hydrogen) atoms. The molecule has 0 aliphatic carbocycles. The monoisotopic (exact) mass is 165 g/mol. The molecule has 0 spiro atoms. The second-order valence-electron chi connectivity index (χ2n) is 2.83. The SMILES string of the molecule is COc1ccc(CCN)c(C)c1. The second kappa shape index (κ2) is 4.12.